The Hall–Kier alpha value is -2.99. The minimum Gasteiger partial charge on any atom is -0.495 e. The smallest absolute Gasteiger partial charge is 0.246 e. The molecule has 2 aliphatic heterocycles. The highest BCUT2D eigenvalue weighted by atomic mass is 35.5. The Morgan fingerprint density at radius 1 is 1.16 bits per heavy atom. The van der Waals surface area contributed by atoms with Gasteiger partial charge in [-0.05, 0) is 48.1 Å². The molecule has 32 heavy (non-hydrogen) atoms. The van der Waals surface area contributed by atoms with Crippen LogP contribution in [0.3, 0.4) is 0 Å². The maximum absolute atomic E-state index is 13.6. The highest BCUT2D eigenvalue weighted by Gasteiger charge is 2.48. The Labute approximate surface area is 191 Å². The number of amides is 2. The summed E-state index contributed by atoms with van der Waals surface area (Å²) in [5.41, 5.74) is 3.94. The maximum atomic E-state index is 13.6. The number of piperazine rings is 1. The van der Waals surface area contributed by atoms with Crippen molar-refractivity contribution in [3.63, 3.8) is 0 Å². The molecule has 6 nitrogen and oxygen atoms in total. The van der Waals surface area contributed by atoms with E-state index in [-0.39, 0.29) is 18.4 Å². The van der Waals surface area contributed by atoms with Crippen molar-refractivity contribution < 1.29 is 14.3 Å². The lowest BCUT2D eigenvalue weighted by Crippen LogP contribution is -2.63. The fraction of sp³-hybridized carbons (Fsp3) is 0.360. The summed E-state index contributed by atoms with van der Waals surface area (Å²) in [6.45, 7) is 0.830. The molecule has 3 aromatic rings. The Morgan fingerprint density at radius 3 is 2.72 bits per heavy atom. The number of H-pyrrole nitrogens is 1. The third kappa shape index (κ3) is 3.00. The second-order valence-electron chi connectivity index (χ2n) is 9.04. The number of methoxy groups -OCH3 is 1. The molecule has 1 saturated carbocycles. The molecular weight excluding hydrogens is 426 g/mol. The monoisotopic (exact) mass is 449 g/mol. The number of ether oxygens (including phenoxy) is 1. The van der Waals surface area contributed by atoms with Crippen molar-refractivity contribution in [1.82, 2.24) is 14.8 Å². The van der Waals surface area contributed by atoms with Gasteiger partial charge in [-0.3, -0.25) is 9.59 Å². The summed E-state index contributed by atoms with van der Waals surface area (Å²) in [4.78, 5) is 34.1. The fourth-order valence-electron chi connectivity index (χ4n) is 5.29. The Kier molecular flexibility index (Phi) is 4.47. The predicted octanol–water partition coefficient (Wildman–Crippen LogP) is 3.92. The van der Waals surface area contributed by atoms with Gasteiger partial charge in [0.15, 0.2) is 0 Å². The first-order chi connectivity index (χ1) is 15.5. The third-order valence-electron chi connectivity index (χ3n) is 7.01. The van der Waals surface area contributed by atoms with E-state index in [4.69, 9.17) is 16.3 Å². The van der Waals surface area contributed by atoms with Crippen LogP contribution >= 0.6 is 11.6 Å². The number of carbonyl (C=O) groups excluding carboxylic acids is 2. The van der Waals surface area contributed by atoms with Crippen molar-refractivity contribution in [2.45, 2.75) is 31.3 Å². The highest BCUT2D eigenvalue weighted by Crippen LogP contribution is 2.44. The third-order valence-corrected chi connectivity index (χ3v) is 7.30. The topological polar surface area (TPSA) is 65.6 Å². The lowest BCUT2D eigenvalue weighted by molar-refractivity contribution is -0.158. The van der Waals surface area contributed by atoms with Crippen LogP contribution in [-0.4, -0.2) is 52.8 Å². The van der Waals surface area contributed by atoms with E-state index in [0.717, 1.165) is 40.6 Å². The van der Waals surface area contributed by atoms with Gasteiger partial charge >= 0.3 is 0 Å². The average molecular weight is 450 g/mol. The number of hydrogen-bond acceptors (Lipinski definition) is 3. The molecule has 2 aromatic carbocycles. The Bertz CT molecular complexity index is 1250. The largest absolute Gasteiger partial charge is 0.495 e. The summed E-state index contributed by atoms with van der Waals surface area (Å²) in [5, 5.41) is 1.59. The van der Waals surface area contributed by atoms with Gasteiger partial charge in [0, 0.05) is 29.6 Å². The fourth-order valence-corrected chi connectivity index (χ4v) is 5.56. The summed E-state index contributed by atoms with van der Waals surface area (Å²) in [6.07, 6.45) is 2.81. The molecule has 2 fully saturated rings. The maximum Gasteiger partial charge on any atom is 0.246 e. The number of benzene rings is 2. The van der Waals surface area contributed by atoms with Crippen LogP contribution in [0.2, 0.25) is 5.02 Å². The second kappa shape index (κ2) is 7.27. The van der Waals surface area contributed by atoms with Gasteiger partial charge in [0.25, 0.3) is 0 Å². The quantitative estimate of drug-likeness (QED) is 0.656. The van der Waals surface area contributed by atoms with Gasteiger partial charge < -0.3 is 19.5 Å². The SMILES string of the molecule is COc1ccc([C@@H]2c3[nH]c4ccccc4c3C[C@@H]3C(=O)N(CC4CC4)CC(=O)N23)cc1Cl. The van der Waals surface area contributed by atoms with E-state index in [9.17, 15) is 9.59 Å². The van der Waals surface area contributed by atoms with Crippen LogP contribution in [0.25, 0.3) is 10.9 Å². The number of hydrogen-bond donors (Lipinski definition) is 1. The zero-order valence-corrected chi connectivity index (χ0v) is 18.6. The summed E-state index contributed by atoms with van der Waals surface area (Å²) >= 11 is 6.47. The van der Waals surface area contributed by atoms with Gasteiger partial charge in [0.1, 0.15) is 11.8 Å². The minimum absolute atomic E-state index is 0.0171. The van der Waals surface area contributed by atoms with Gasteiger partial charge in [0.05, 0.1) is 24.7 Å². The highest BCUT2D eigenvalue weighted by molar-refractivity contribution is 6.32. The Morgan fingerprint density at radius 2 is 1.97 bits per heavy atom. The molecule has 2 amide bonds. The molecule has 3 heterocycles. The molecule has 6 rings (SSSR count). The molecule has 1 aliphatic carbocycles. The molecule has 0 radical (unpaired) electrons. The summed E-state index contributed by atoms with van der Waals surface area (Å²) in [6, 6.07) is 12.8. The molecule has 0 bridgehead atoms. The van der Waals surface area contributed by atoms with Crippen molar-refractivity contribution in [1.29, 1.82) is 0 Å². The van der Waals surface area contributed by atoms with E-state index in [1.165, 1.54) is 0 Å². The number of fused-ring (bicyclic) bond motifs is 4. The Balaban J connectivity index is 1.51. The standard InChI is InChI=1S/C25H24ClN3O3/c1-32-21-9-8-15(10-18(21)26)24-23-17(16-4-2-3-5-19(16)27-23)11-20-25(31)28(12-14-6-7-14)13-22(30)29(20)24/h2-5,8-10,14,20,24,27H,6-7,11-13H2,1H3/t20-,24-/m1/s1. The number of nitrogens with zero attached hydrogens (tertiary/aromatic N) is 2. The van der Waals surface area contributed by atoms with Crippen molar-refractivity contribution >= 4 is 34.3 Å². The minimum atomic E-state index is -0.507. The summed E-state index contributed by atoms with van der Waals surface area (Å²) in [7, 11) is 1.58. The van der Waals surface area contributed by atoms with Crippen LogP contribution in [0, 0.1) is 5.92 Å². The van der Waals surface area contributed by atoms with E-state index < -0.39 is 12.1 Å². The number of rotatable bonds is 4. The van der Waals surface area contributed by atoms with Gasteiger partial charge in [0.2, 0.25) is 11.8 Å². The molecular formula is C25H24ClN3O3. The van der Waals surface area contributed by atoms with E-state index in [0.29, 0.717) is 29.7 Å². The first kappa shape index (κ1) is 19.7. The summed E-state index contributed by atoms with van der Waals surface area (Å²) < 4.78 is 5.33. The lowest BCUT2D eigenvalue weighted by Gasteiger charge is -2.47. The second-order valence-corrected chi connectivity index (χ2v) is 9.45. The molecule has 164 valence electrons. The first-order valence-electron chi connectivity index (χ1n) is 11.1. The van der Waals surface area contributed by atoms with Gasteiger partial charge in [-0.1, -0.05) is 35.9 Å². The van der Waals surface area contributed by atoms with Crippen LogP contribution in [0.5, 0.6) is 5.75 Å². The van der Waals surface area contributed by atoms with Gasteiger partial charge in [-0.2, -0.15) is 0 Å². The molecule has 3 aliphatic rings. The molecule has 1 N–H and O–H groups in total. The average Bonchev–Trinajstić information content (AvgIpc) is 3.53. The number of aromatic amines is 1. The van der Waals surface area contributed by atoms with Crippen LogP contribution in [-0.2, 0) is 16.0 Å². The normalized spacial score (nSPS) is 22.8. The van der Waals surface area contributed by atoms with Crippen molar-refractivity contribution in [3.05, 3.63) is 64.3 Å². The number of halogens is 1. The van der Waals surface area contributed by atoms with E-state index >= 15 is 0 Å². The van der Waals surface area contributed by atoms with E-state index in [1.807, 2.05) is 36.4 Å². The lowest BCUT2D eigenvalue weighted by atomic mass is 9.86. The number of carbonyl (C=O) groups is 2. The first-order valence-corrected chi connectivity index (χ1v) is 11.5. The van der Waals surface area contributed by atoms with Gasteiger partial charge in [-0.25, -0.2) is 0 Å². The van der Waals surface area contributed by atoms with Gasteiger partial charge in [-0.15, -0.1) is 0 Å². The van der Waals surface area contributed by atoms with Crippen molar-refractivity contribution in [3.8, 4) is 5.75 Å². The number of nitrogens with one attached hydrogen (secondary N) is 1. The zero-order chi connectivity index (χ0) is 22.0. The zero-order valence-electron chi connectivity index (χ0n) is 17.8. The van der Waals surface area contributed by atoms with Crippen molar-refractivity contribution in [2.75, 3.05) is 20.2 Å². The van der Waals surface area contributed by atoms with E-state index in [1.54, 1.807) is 16.9 Å². The number of aromatic nitrogens is 1. The summed E-state index contributed by atoms with van der Waals surface area (Å²) in [5.74, 6) is 1.16. The molecule has 1 saturated heterocycles. The van der Waals surface area contributed by atoms with Crippen LogP contribution in [0.4, 0.5) is 0 Å². The van der Waals surface area contributed by atoms with Crippen LogP contribution in [0.1, 0.15) is 35.7 Å². The molecule has 1 aromatic heterocycles. The van der Waals surface area contributed by atoms with Crippen LogP contribution < -0.4 is 4.74 Å². The molecule has 7 heteroatoms. The molecule has 0 unspecified atom stereocenters. The molecule has 0 spiro atoms. The van der Waals surface area contributed by atoms with Crippen molar-refractivity contribution in [2.24, 2.45) is 5.92 Å². The predicted molar refractivity (Wildman–Crippen MR) is 122 cm³/mol. The molecule has 2 atom stereocenters. The van der Waals surface area contributed by atoms with Crippen LogP contribution in [0.15, 0.2) is 42.5 Å². The number of para-hydroxylation sites is 1. The van der Waals surface area contributed by atoms with E-state index in [2.05, 4.69) is 11.1 Å².